The van der Waals surface area contributed by atoms with Crippen molar-refractivity contribution < 1.29 is 0 Å². The van der Waals surface area contributed by atoms with Crippen LogP contribution in [-0.4, -0.2) is 0 Å². The lowest BCUT2D eigenvalue weighted by Gasteiger charge is -2.05. The van der Waals surface area contributed by atoms with Gasteiger partial charge in [-0.1, -0.05) is 43.8 Å². The minimum Gasteiger partial charge on any atom is -0.192 e. The fourth-order valence-corrected chi connectivity index (χ4v) is 1.50. The number of aryl methyl sites for hydroxylation is 1. The highest BCUT2D eigenvalue weighted by molar-refractivity contribution is 5.81. The molecule has 0 aliphatic carbocycles. The number of hydrogen-bond acceptors (Lipinski definition) is 1. The van der Waals surface area contributed by atoms with Gasteiger partial charge in [0.1, 0.15) is 0 Å². The molecule has 0 saturated heterocycles. The molecule has 0 aliphatic rings. The molecule has 0 aliphatic heterocycles. The Kier molecular flexibility index (Phi) is 3.88. The zero-order chi connectivity index (χ0) is 11.3. The molecule has 0 heterocycles. The lowest BCUT2D eigenvalue weighted by Crippen LogP contribution is -1.87. The maximum absolute atomic E-state index is 8.81. The second-order valence-corrected chi connectivity index (χ2v) is 3.34. The molecule has 0 spiro atoms. The fraction of sp³-hybridized carbons (Fsp3) is 0.214. The molecule has 1 aromatic rings. The first-order valence-corrected chi connectivity index (χ1v) is 5.08. The highest BCUT2D eigenvalue weighted by atomic mass is 14.2. The van der Waals surface area contributed by atoms with Gasteiger partial charge in [-0.2, -0.15) is 5.26 Å². The van der Waals surface area contributed by atoms with Gasteiger partial charge in [-0.15, -0.1) is 0 Å². The highest BCUT2D eigenvalue weighted by Crippen LogP contribution is 2.21. The van der Waals surface area contributed by atoms with Crippen LogP contribution in [0.5, 0.6) is 0 Å². The molecule has 0 bridgehead atoms. The summed E-state index contributed by atoms with van der Waals surface area (Å²) in [5, 5.41) is 8.81. The van der Waals surface area contributed by atoms with Crippen LogP contribution in [0, 0.1) is 11.3 Å². The molecular formula is C14H15N. The SMILES string of the molecule is C=C(C#N)/C(=C\C)c1ccc(CC)cc1. The minimum absolute atomic E-state index is 0.516. The van der Waals surface area contributed by atoms with Gasteiger partial charge in [-0.05, 0) is 30.0 Å². The smallest absolute Gasteiger partial charge is 0.0991 e. The lowest BCUT2D eigenvalue weighted by molar-refractivity contribution is 1.14. The molecular weight excluding hydrogens is 182 g/mol. The summed E-state index contributed by atoms with van der Waals surface area (Å²) in [7, 11) is 0. The van der Waals surface area contributed by atoms with E-state index >= 15 is 0 Å². The quantitative estimate of drug-likeness (QED) is 0.535. The van der Waals surface area contributed by atoms with Gasteiger partial charge in [-0.25, -0.2) is 0 Å². The van der Waals surface area contributed by atoms with Crippen molar-refractivity contribution in [1.29, 1.82) is 5.26 Å². The zero-order valence-corrected chi connectivity index (χ0v) is 9.25. The molecule has 0 amide bonds. The number of nitrogens with zero attached hydrogens (tertiary/aromatic N) is 1. The van der Waals surface area contributed by atoms with Gasteiger partial charge in [0.25, 0.3) is 0 Å². The Labute approximate surface area is 91.4 Å². The third-order valence-corrected chi connectivity index (χ3v) is 2.42. The third kappa shape index (κ3) is 2.57. The van der Waals surface area contributed by atoms with Crippen LogP contribution in [-0.2, 0) is 6.42 Å². The van der Waals surface area contributed by atoms with Gasteiger partial charge in [0, 0.05) is 0 Å². The van der Waals surface area contributed by atoms with Crippen molar-refractivity contribution in [1.82, 2.24) is 0 Å². The molecule has 0 aromatic heterocycles. The lowest BCUT2D eigenvalue weighted by atomic mass is 9.98. The van der Waals surface area contributed by atoms with Crippen LogP contribution < -0.4 is 0 Å². The number of benzene rings is 1. The van der Waals surface area contributed by atoms with Crippen molar-refractivity contribution in [3.63, 3.8) is 0 Å². The molecule has 1 rings (SSSR count). The Bertz CT molecular complexity index is 416. The Hall–Kier alpha value is -1.81. The molecule has 0 saturated carbocycles. The summed E-state index contributed by atoms with van der Waals surface area (Å²) in [5.41, 5.74) is 3.79. The Morgan fingerprint density at radius 3 is 2.40 bits per heavy atom. The van der Waals surface area contributed by atoms with Crippen LogP contribution in [0.4, 0.5) is 0 Å². The molecule has 1 heteroatoms. The molecule has 76 valence electrons. The van der Waals surface area contributed by atoms with Gasteiger partial charge in [0.2, 0.25) is 0 Å². The minimum atomic E-state index is 0.516. The summed E-state index contributed by atoms with van der Waals surface area (Å²) in [6.45, 7) is 7.78. The van der Waals surface area contributed by atoms with E-state index in [9.17, 15) is 0 Å². The fourth-order valence-electron chi connectivity index (χ4n) is 1.50. The third-order valence-electron chi connectivity index (χ3n) is 2.42. The predicted molar refractivity (Wildman–Crippen MR) is 64.2 cm³/mol. The molecule has 15 heavy (non-hydrogen) atoms. The summed E-state index contributed by atoms with van der Waals surface area (Å²) in [4.78, 5) is 0. The first-order valence-electron chi connectivity index (χ1n) is 5.08. The monoisotopic (exact) mass is 197 g/mol. The van der Waals surface area contributed by atoms with Crippen molar-refractivity contribution in [3.05, 3.63) is 53.6 Å². The molecule has 1 aromatic carbocycles. The van der Waals surface area contributed by atoms with Crippen LogP contribution in [0.1, 0.15) is 25.0 Å². The van der Waals surface area contributed by atoms with Gasteiger partial charge < -0.3 is 0 Å². The Morgan fingerprint density at radius 2 is 2.00 bits per heavy atom. The van der Waals surface area contributed by atoms with Crippen molar-refractivity contribution >= 4 is 5.57 Å². The van der Waals surface area contributed by atoms with E-state index in [1.807, 2.05) is 25.1 Å². The van der Waals surface area contributed by atoms with E-state index in [0.29, 0.717) is 5.57 Å². The standard InChI is InChI=1S/C14H15N/c1-4-12-6-8-13(9-7-12)14(5-2)11(3)10-15/h5-9H,3-4H2,1-2H3/b14-5+. The zero-order valence-electron chi connectivity index (χ0n) is 9.25. The predicted octanol–water partition coefficient (Wildman–Crippen LogP) is 3.73. The Balaban J connectivity index is 3.06. The van der Waals surface area contributed by atoms with Crippen molar-refractivity contribution in [2.75, 3.05) is 0 Å². The highest BCUT2D eigenvalue weighted by Gasteiger charge is 2.03. The van der Waals surface area contributed by atoms with Gasteiger partial charge >= 0.3 is 0 Å². The summed E-state index contributed by atoms with van der Waals surface area (Å²) in [5.74, 6) is 0. The Morgan fingerprint density at radius 1 is 1.40 bits per heavy atom. The maximum atomic E-state index is 8.81. The summed E-state index contributed by atoms with van der Waals surface area (Å²) < 4.78 is 0. The summed E-state index contributed by atoms with van der Waals surface area (Å²) in [6.07, 6.45) is 2.96. The van der Waals surface area contributed by atoms with E-state index < -0.39 is 0 Å². The van der Waals surface area contributed by atoms with E-state index in [0.717, 1.165) is 17.6 Å². The van der Waals surface area contributed by atoms with Crippen LogP contribution in [0.25, 0.3) is 5.57 Å². The van der Waals surface area contributed by atoms with Gasteiger partial charge in [0.15, 0.2) is 0 Å². The van der Waals surface area contributed by atoms with E-state index in [2.05, 4.69) is 31.7 Å². The largest absolute Gasteiger partial charge is 0.192 e. The second-order valence-electron chi connectivity index (χ2n) is 3.34. The topological polar surface area (TPSA) is 23.8 Å². The van der Waals surface area contributed by atoms with Crippen molar-refractivity contribution in [2.24, 2.45) is 0 Å². The van der Waals surface area contributed by atoms with Gasteiger partial charge in [0.05, 0.1) is 11.6 Å². The summed E-state index contributed by atoms with van der Waals surface area (Å²) in [6, 6.07) is 10.3. The molecule has 0 atom stereocenters. The normalized spacial score (nSPS) is 10.9. The van der Waals surface area contributed by atoms with E-state index in [1.54, 1.807) is 0 Å². The van der Waals surface area contributed by atoms with Crippen LogP contribution >= 0.6 is 0 Å². The van der Waals surface area contributed by atoms with Crippen LogP contribution in [0.3, 0.4) is 0 Å². The first kappa shape index (κ1) is 11.3. The maximum Gasteiger partial charge on any atom is 0.0991 e. The number of hydrogen-bond donors (Lipinski definition) is 0. The van der Waals surface area contributed by atoms with Gasteiger partial charge in [-0.3, -0.25) is 0 Å². The molecule has 0 radical (unpaired) electrons. The van der Waals surface area contributed by atoms with Crippen LogP contribution in [0.15, 0.2) is 42.5 Å². The van der Waals surface area contributed by atoms with Crippen molar-refractivity contribution in [3.8, 4) is 6.07 Å². The average molecular weight is 197 g/mol. The summed E-state index contributed by atoms with van der Waals surface area (Å²) >= 11 is 0. The van der Waals surface area contributed by atoms with E-state index in [-0.39, 0.29) is 0 Å². The molecule has 0 unspecified atom stereocenters. The average Bonchev–Trinajstić information content (AvgIpc) is 2.30. The number of nitriles is 1. The van der Waals surface area contributed by atoms with Crippen LogP contribution in [0.2, 0.25) is 0 Å². The second kappa shape index (κ2) is 5.17. The number of rotatable bonds is 3. The molecule has 1 nitrogen and oxygen atoms in total. The number of allylic oxidation sites excluding steroid dienone is 3. The first-order chi connectivity index (χ1) is 7.22. The molecule has 0 fully saturated rings. The van der Waals surface area contributed by atoms with E-state index in [4.69, 9.17) is 5.26 Å². The van der Waals surface area contributed by atoms with E-state index in [1.165, 1.54) is 5.56 Å². The van der Waals surface area contributed by atoms with Crippen molar-refractivity contribution in [2.45, 2.75) is 20.3 Å². The molecule has 0 N–H and O–H groups in total.